The number of carbonyl (C=O) groups excluding carboxylic acids is 1. The Bertz CT molecular complexity index is 276. The molecule has 1 aromatic rings. The first kappa shape index (κ1) is 9.47. The van der Waals surface area contributed by atoms with Crippen molar-refractivity contribution in [3.63, 3.8) is 0 Å². The highest BCUT2D eigenvalue weighted by molar-refractivity contribution is 5.78. The molecule has 1 amide bonds. The Kier molecular flexibility index (Phi) is 3.22. The molecule has 1 rings (SSSR count). The fourth-order valence-corrected chi connectivity index (χ4v) is 0.904. The summed E-state index contributed by atoms with van der Waals surface area (Å²) in [6, 6.07) is 3.53. The zero-order chi connectivity index (χ0) is 9.68. The lowest BCUT2D eigenvalue weighted by Crippen LogP contribution is -2.32. The van der Waals surface area contributed by atoms with Crippen LogP contribution in [0.5, 0.6) is 0 Å². The van der Waals surface area contributed by atoms with Crippen molar-refractivity contribution in [3.8, 4) is 0 Å². The van der Waals surface area contributed by atoms with Gasteiger partial charge in [0.15, 0.2) is 0 Å². The topological polar surface area (TPSA) is 68.5 Å². The quantitative estimate of drug-likeness (QED) is 0.660. The van der Waals surface area contributed by atoms with Crippen molar-refractivity contribution in [2.24, 2.45) is 5.73 Å². The van der Waals surface area contributed by atoms with Crippen molar-refractivity contribution >= 4 is 11.6 Å². The van der Waals surface area contributed by atoms with E-state index in [1.54, 1.807) is 24.5 Å². The highest BCUT2D eigenvalue weighted by atomic mass is 16.7. The van der Waals surface area contributed by atoms with Gasteiger partial charge in [-0.2, -0.15) is 0 Å². The number of amides is 1. The Morgan fingerprint density at radius 1 is 1.77 bits per heavy atom. The Morgan fingerprint density at radius 2 is 2.54 bits per heavy atom. The van der Waals surface area contributed by atoms with Crippen LogP contribution in [0, 0.1) is 0 Å². The molecule has 0 bridgehead atoms. The van der Waals surface area contributed by atoms with E-state index in [9.17, 15) is 4.79 Å². The summed E-state index contributed by atoms with van der Waals surface area (Å²) in [6.07, 6.45) is 3.23. The maximum atomic E-state index is 10.6. The molecule has 0 unspecified atom stereocenters. The average molecular weight is 181 g/mol. The van der Waals surface area contributed by atoms with Crippen LogP contribution in [0.2, 0.25) is 0 Å². The van der Waals surface area contributed by atoms with Gasteiger partial charge >= 0.3 is 0 Å². The zero-order valence-electron chi connectivity index (χ0n) is 7.30. The molecule has 5 heteroatoms. The largest absolute Gasteiger partial charge is 0.368 e. The van der Waals surface area contributed by atoms with E-state index < -0.39 is 5.91 Å². The molecule has 13 heavy (non-hydrogen) atoms. The van der Waals surface area contributed by atoms with E-state index in [0.717, 1.165) is 0 Å². The second-order valence-corrected chi connectivity index (χ2v) is 2.40. The normalized spacial score (nSPS) is 9.62. The SMILES string of the molecule is CON(CC(N)=O)c1cccnc1. The molecule has 5 nitrogen and oxygen atoms in total. The molecule has 0 atom stereocenters. The molecule has 2 N–H and O–H groups in total. The Balaban J connectivity index is 2.73. The van der Waals surface area contributed by atoms with E-state index in [2.05, 4.69) is 4.98 Å². The van der Waals surface area contributed by atoms with Gasteiger partial charge in [0.05, 0.1) is 19.0 Å². The third-order valence-electron chi connectivity index (χ3n) is 1.45. The van der Waals surface area contributed by atoms with E-state index in [4.69, 9.17) is 10.6 Å². The van der Waals surface area contributed by atoms with E-state index in [1.807, 2.05) is 0 Å². The smallest absolute Gasteiger partial charge is 0.239 e. The Labute approximate surface area is 76.1 Å². The predicted octanol–water partition coefficient (Wildman–Crippen LogP) is -0.0653. The van der Waals surface area contributed by atoms with Crippen molar-refractivity contribution in [2.75, 3.05) is 18.7 Å². The second-order valence-electron chi connectivity index (χ2n) is 2.40. The maximum Gasteiger partial charge on any atom is 0.239 e. The fourth-order valence-electron chi connectivity index (χ4n) is 0.904. The van der Waals surface area contributed by atoms with Gasteiger partial charge < -0.3 is 5.73 Å². The zero-order valence-corrected chi connectivity index (χ0v) is 7.30. The van der Waals surface area contributed by atoms with Gasteiger partial charge in [0.25, 0.3) is 0 Å². The average Bonchev–Trinajstić information content (AvgIpc) is 2.15. The Morgan fingerprint density at radius 3 is 3.00 bits per heavy atom. The van der Waals surface area contributed by atoms with Gasteiger partial charge in [0, 0.05) is 6.20 Å². The fraction of sp³-hybridized carbons (Fsp3) is 0.250. The van der Waals surface area contributed by atoms with Crippen molar-refractivity contribution < 1.29 is 9.63 Å². The standard InChI is InChI=1S/C8H11N3O2/c1-13-11(6-8(9)12)7-3-2-4-10-5-7/h2-5H,6H2,1H3,(H2,9,12). The number of aromatic nitrogens is 1. The summed E-state index contributed by atoms with van der Waals surface area (Å²) >= 11 is 0. The third kappa shape index (κ3) is 2.72. The molecule has 0 aliphatic heterocycles. The molecule has 0 saturated carbocycles. The number of nitrogens with two attached hydrogens (primary N) is 1. The molecule has 0 fully saturated rings. The van der Waals surface area contributed by atoms with Crippen LogP contribution in [0.3, 0.4) is 0 Å². The summed E-state index contributed by atoms with van der Waals surface area (Å²) in [5.74, 6) is -0.453. The molecule has 1 heterocycles. The second kappa shape index (κ2) is 4.42. The molecule has 1 aromatic heterocycles. The predicted molar refractivity (Wildman–Crippen MR) is 47.8 cm³/mol. The molecule has 70 valence electrons. The number of hydrogen-bond donors (Lipinski definition) is 1. The molecule has 0 aromatic carbocycles. The van der Waals surface area contributed by atoms with Crippen LogP contribution < -0.4 is 10.8 Å². The minimum atomic E-state index is -0.453. The molecular formula is C8H11N3O2. The highest BCUT2D eigenvalue weighted by Crippen LogP contribution is 2.10. The van der Waals surface area contributed by atoms with E-state index >= 15 is 0 Å². The van der Waals surface area contributed by atoms with Crippen LogP contribution in [0.4, 0.5) is 5.69 Å². The first-order valence-corrected chi connectivity index (χ1v) is 3.74. The number of hydrogen-bond acceptors (Lipinski definition) is 4. The van der Waals surface area contributed by atoms with Crippen LogP contribution in [0.1, 0.15) is 0 Å². The lowest BCUT2D eigenvalue weighted by molar-refractivity contribution is -0.117. The first-order valence-electron chi connectivity index (χ1n) is 3.74. The summed E-state index contributed by atoms with van der Waals surface area (Å²) in [5, 5.41) is 1.37. The van der Waals surface area contributed by atoms with Crippen LogP contribution in [0.25, 0.3) is 0 Å². The van der Waals surface area contributed by atoms with Crippen LogP contribution >= 0.6 is 0 Å². The molecule has 0 aliphatic carbocycles. The van der Waals surface area contributed by atoms with Crippen LogP contribution in [-0.4, -0.2) is 24.5 Å². The van der Waals surface area contributed by atoms with Gasteiger partial charge in [-0.05, 0) is 12.1 Å². The van der Waals surface area contributed by atoms with Gasteiger partial charge in [-0.1, -0.05) is 0 Å². The number of hydroxylamine groups is 1. The van der Waals surface area contributed by atoms with Gasteiger partial charge in [-0.25, -0.2) is 5.06 Å². The minimum absolute atomic E-state index is 0.0161. The monoisotopic (exact) mass is 181 g/mol. The van der Waals surface area contributed by atoms with Crippen LogP contribution in [-0.2, 0) is 9.63 Å². The van der Waals surface area contributed by atoms with Crippen molar-refractivity contribution in [3.05, 3.63) is 24.5 Å². The molecule has 0 aliphatic rings. The molecular weight excluding hydrogens is 170 g/mol. The van der Waals surface area contributed by atoms with Gasteiger partial charge in [0.1, 0.15) is 6.54 Å². The third-order valence-corrected chi connectivity index (χ3v) is 1.45. The summed E-state index contributed by atoms with van der Waals surface area (Å²) in [4.78, 5) is 19.4. The molecule has 0 radical (unpaired) electrons. The number of nitrogens with zero attached hydrogens (tertiary/aromatic N) is 2. The number of rotatable bonds is 4. The van der Waals surface area contributed by atoms with E-state index in [-0.39, 0.29) is 6.54 Å². The van der Waals surface area contributed by atoms with Crippen molar-refractivity contribution in [1.29, 1.82) is 0 Å². The number of anilines is 1. The molecule has 0 saturated heterocycles. The molecule has 0 spiro atoms. The Hall–Kier alpha value is -1.62. The highest BCUT2D eigenvalue weighted by Gasteiger charge is 2.07. The van der Waals surface area contributed by atoms with E-state index in [1.165, 1.54) is 12.2 Å². The van der Waals surface area contributed by atoms with Gasteiger partial charge in [-0.3, -0.25) is 14.6 Å². The van der Waals surface area contributed by atoms with Crippen LogP contribution in [0.15, 0.2) is 24.5 Å². The summed E-state index contributed by atoms with van der Waals surface area (Å²) in [5.41, 5.74) is 5.72. The van der Waals surface area contributed by atoms with Gasteiger partial charge in [0.2, 0.25) is 5.91 Å². The number of carbonyl (C=O) groups is 1. The van der Waals surface area contributed by atoms with Crippen molar-refractivity contribution in [2.45, 2.75) is 0 Å². The summed E-state index contributed by atoms with van der Waals surface area (Å²) in [7, 11) is 1.47. The van der Waals surface area contributed by atoms with Gasteiger partial charge in [-0.15, -0.1) is 0 Å². The lowest BCUT2D eigenvalue weighted by Gasteiger charge is -2.18. The maximum absolute atomic E-state index is 10.6. The summed E-state index contributed by atoms with van der Waals surface area (Å²) < 4.78 is 0. The lowest BCUT2D eigenvalue weighted by atomic mass is 10.4. The number of pyridine rings is 1. The first-order chi connectivity index (χ1) is 6.24. The number of primary amides is 1. The van der Waals surface area contributed by atoms with Crippen molar-refractivity contribution in [1.82, 2.24) is 4.98 Å². The van der Waals surface area contributed by atoms with E-state index in [0.29, 0.717) is 5.69 Å². The summed E-state index contributed by atoms with van der Waals surface area (Å²) in [6.45, 7) is 0.0161. The minimum Gasteiger partial charge on any atom is -0.368 e.